The summed E-state index contributed by atoms with van der Waals surface area (Å²) < 4.78 is 17.2. The van der Waals surface area contributed by atoms with Crippen LogP contribution in [0.1, 0.15) is 32.3 Å². The molecule has 0 radical (unpaired) electrons. The average Bonchev–Trinajstić information content (AvgIpc) is 3.30. The van der Waals surface area contributed by atoms with Crippen molar-refractivity contribution in [2.24, 2.45) is 0 Å². The fourth-order valence-corrected chi connectivity index (χ4v) is 4.06. The Morgan fingerprint density at radius 3 is 2.70 bits per heavy atom. The van der Waals surface area contributed by atoms with Crippen molar-refractivity contribution in [1.82, 2.24) is 10.1 Å². The number of benzene rings is 1. The predicted octanol–water partition coefficient (Wildman–Crippen LogP) is 5.42. The molecule has 0 bridgehead atoms. The van der Waals surface area contributed by atoms with Gasteiger partial charge < -0.3 is 18.9 Å². The number of hydrogen-bond acceptors (Lipinski definition) is 6. The number of thiophene rings is 1. The molecular formula is C22H23ClN2O4S. The summed E-state index contributed by atoms with van der Waals surface area (Å²) in [6.07, 6.45) is 1.70. The van der Waals surface area contributed by atoms with Crippen LogP contribution in [-0.4, -0.2) is 29.6 Å². The van der Waals surface area contributed by atoms with E-state index in [0.717, 1.165) is 16.1 Å². The Labute approximate surface area is 184 Å². The van der Waals surface area contributed by atoms with Crippen molar-refractivity contribution in [3.8, 4) is 11.5 Å². The maximum Gasteiger partial charge on any atom is 0.254 e. The lowest BCUT2D eigenvalue weighted by atomic mass is 10.1. The molecule has 0 saturated carbocycles. The highest BCUT2D eigenvalue weighted by Gasteiger charge is 2.19. The third-order valence-electron chi connectivity index (χ3n) is 4.58. The minimum atomic E-state index is -0.130. The molecule has 8 heteroatoms. The first-order chi connectivity index (χ1) is 14.4. The van der Waals surface area contributed by atoms with Gasteiger partial charge in [-0.15, -0.1) is 17.9 Å². The van der Waals surface area contributed by atoms with Crippen molar-refractivity contribution in [2.45, 2.75) is 27.0 Å². The number of carbonyl (C=O) groups excluding carboxylic acids is 1. The molecule has 0 aliphatic rings. The van der Waals surface area contributed by atoms with Crippen LogP contribution in [0.5, 0.6) is 11.5 Å². The van der Waals surface area contributed by atoms with E-state index < -0.39 is 0 Å². The molecule has 0 atom stereocenters. The van der Waals surface area contributed by atoms with Crippen LogP contribution in [0.15, 0.2) is 47.5 Å². The minimum absolute atomic E-state index is 0.130. The Balaban J connectivity index is 1.77. The summed E-state index contributed by atoms with van der Waals surface area (Å²) in [4.78, 5) is 15.8. The van der Waals surface area contributed by atoms with Crippen molar-refractivity contribution in [3.05, 3.63) is 74.8 Å². The van der Waals surface area contributed by atoms with E-state index in [1.807, 2.05) is 26.0 Å². The summed E-state index contributed by atoms with van der Waals surface area (Å²) in [5, 5.41) is 3.93. The predicted molar refractivity (Wildman–Crippen MR) is 118 cm³/mol. The maximum atomic E-state index is 13.1. The number of amides is 1. The lowest BCUT2D eigenvalue weighted by molar-refractivity contribution is 0.0763. The average molecular weight is 447 g/mol. The van der Waals surface area contributed by atoms with Gasteiger partial charge in [-0.25, -0.2) is 0 Å². The molecule has 1 aromatic carbocycles. The van der Waals surface area contributed by atoms with E-state index >= 15 is 0 Å². The maximum absolute atomic E-state index is 13.1. The number of halogens is 1. The van der Waals surface area contributed by atoms with Gasteiger partial charge in [0.25, 0.3) is 5.91 Å². The number of ether oxygens (including phenoxy) is 2. The Hall–Kier alpha value is -2.77. The van der Waals surface area contributed by atoms with Gasteiger partial charge in [-0.1, -0.05) is 22.8 Å². The molecule has 30 heavy (non-hydrogen) atoms. The van der Waals surface area contributed by atoms with Crippen LogP contribution in [-0.2, 0) is 13.2 Å². The number of nitrogens with zero attached hydrogens (tertiary/aromatic N) is 2. The molecule has 0 unspecified atom stereocenters. The van der Waals surface area contributed by atoms with Gasteiger partial charge in [-0.3, -0.25) is 4.79 Å². The molecule has 6 nitrogen and oxygen atoms in total. The number of methoxy groups -OCH3 is 1. The summed E-state index contributed by atoms with van der Waals surface area (Å²) in [5.41, 5.74) is 2.18. The van der Waals surface area contributed by atoms with Crippen LogP contribution < -0.4 is 9.47 Å². The van der Waals surface area contributed by atoms with Crippen molar-refractivity contribution < 1.29 is 18.8 Å². The van der Waals surface area contributed by atoms with E-state index in [2.05, 4.69) is 11.7 Å². The van der Waals surface area contributed by atoms with Crippen LogP contribution in [0, 0.1) is 13.8 Å². The molecular weight excluding hydrogens is 424 g/mol. The molecule has 0 aliphatic carbocycles. The normalized spacial score (nSPS) is 10.7. The number of hydrogen-bond donors (Lipinski definition) is 0. The molecule has 0 saturated heterocycles. The molecule has 0 aliphatic heterocycles. The lowest BCUT2D eigenvalue weighted by Gasteiger charge is -2.21. The fraction of sp³-hybridized carbons (Fsp3) is 0.273. The van der Waals surface area contributed by atoms with E-state index in [4.69, 9.17) is 25.6 Å². The van der Waals surface area contributed by atoms with E-state index in [-0.39, 0.29) is 5.91 Å². The quantitative estimate of drug-likeness (QED) is 0.410. The molecule has 3 aromatic rings. The smallest absolute Gasteiger partial charge is 0.254 e. The Kier molecular flexibility index (Phi) is 7.18. The minimum Gasteiger partial charge on any atom is -0.493 e. The Bertz CT molecular complexity index is 1020. The number of rotatable bonds is 9. The largest absolute Gasteiger partial charge is 0.493 e. The summed E-state index contributed by atoms with van der Waals surface area (Å²) in [6, 6.07) is 8.89. The van der Waals surface area contributed by atoms with Crippen LogP contribution in [0.25, 0.3) is 0 Å². The zero-order valence-electron chi connectivity index (χ0n) is 17.1. The summed E-state index contributed by atoms with van der Waals surface area (Å²) >= 11 is 7.47. The third kappa shape index (κ3) is 5.04. The number of aryl methyl sites for hydroxylation is 2. The second kappa shape index (κ2) is 9.82. The first-order valence-electron chi connectivity index (χ1n) is 9.30. The summed E-state index contributed by atoms with van der Waals surface area (Å²) in [7, 11) is 1.54. The zero-order chi connectivity index (χ0) is 21.7. The third-order valence-corrected chi connectivity index (χ3v) is 5.79. The van der Waals surface area contributed by atoms with Crippen LogP contribution >= 0.6 is 22.9 Å². The van der Waals surface area contributed by atoms with Gasteiger partial charge in [0.1, 0.15) is 12.4 Å². The second-order valence-electron chi connectivity index (χ2n) is 6.64. The van der Waals surface area contributed by atoms with Gasteiger partial charge in [0.15, 0.2) is 11.5 Å². The lowest BCUT2D eigenvalue weighted by Crippen LogP contribution is -2.30. The molecule has 1 amide bonds. The monoisotopic (exact) mass is 446 g/mol. The topological polar surface area (TPSA) is 64.8 Å². The summed E-state index contributed by atoms with van der Waals surface area (Å²) in [5.74, 6) is 1.60. The van der Waals surface area contributed by atoms with Crippen LogP contribution in [0.4, 0.5) is 0 Å². The SMILES string of the molecule is C=CCN(Cc1ccc(Cl)s1)C(=O)c1ccc(OCc2c(C)noc2C)c(OC)c1. The van der Waals surface area contributed by atoms with E-state index in [1.54, 1.807) is 36.3 Å². The number of aromatic nitrogens is 1. The second-order valence-corrected chi connectivity index (χ2v) is 8.44. The van der Waals surface area contributed by atoms with Crippen molar-refractivity contribution in [2.75, 3.05) is 13.7 Å². The van der Waals surface area contributed by atoms with Crippen molar-refractivity contribution >= 4 is 28.8 Å². The Morgan fingerprint density at radius 1 is 1.30 bits per heavy atom. The van der Waals surface area contributed by atoms with Gasteiger partial charge in [-0.05, 0) is 44.2 Å². The highest BCUT2D eigenvalue weighted by Crippen LogP contribution is 2.30. The molecule has 0 N–H and O–H groups in total. The highest BCUT2D eigenvalue weighted by atomic mass is 35.5. The molecule has 0 fully saturated rings. The fourth-order valence-electron chi connectivity index (χ4n) is 2.96. The van der Waals surface area contributed by atoms with Gasteiger partial charge in [-0.2, -0.15) is 0 Å². The first kappa shape index (κ1) is 21.9. The van der Waals surface area contributed by atoms with E-state index in [9.17, 15) is 4.79 Å². The molecule has 2 heterocycles. The van der Waals surface area contributed by atoms with E-state index in [1.165, 1.54) is 11.3 Å². The molecule has 0 spiro atoms. The van der Waals surface area contributed by atoms with Gasteiger partial charge in [0, 0.05) is 17.0 Å². The Morgan fingerprint density at radius 2 is 2.10 bits per heavy atom. The summed E-state index contributed by atoms with van der Waals surface area (Å²) in [6.45, 7) is 8.63. The first-order valence-corrected chi connectivity index (χ1v) is 10.5. The van der Waals surface area contributed by atoms with Crippen LogP contribution in [0.3, 0.4) is 0 Å². The standard InChI is InChI=1S/C22H23ClN2O4S/c1-5-10-25(12-17-7-9-21(23)30-17)22(26)16-6-8-19(20(11-16)27-4)28-13-18-14(2)24-29-15(18)3/h5-9,11H,1,10,12-13H2,2-4H3. The van der Waals surface area contributed by atoms with Gasteiger partial charge in [0.2, 0.25) is 0 Å². The highest BCUT2D eigenvalue weighted by molar-refractivity contribution is 7.16. The van der Waals surface area contributed by atoms with E-state index in [0.29, 0.717) is 46.9 Å². The van der Waals surface area contributed by atoms with Gasteiger partial charge >= 0.3 is 0 Å². The van der Waals surface area contributed by atoms with Crippen molar-refractivity contribution in [3.63, 3.8) is 0 Å². The van der Waals surface area contributed by atoms with Crippen LogP contribution in [0.2, 0.25) is 4.34 Å². The van der Waals surface area contributed by atoms with Gasteiger partial charge in [0.05, 0.1) is 29.2 Å². The molecule has 158 valence electrons. The molecule has 3 rings (SSSR count). The zero-order valence-corrected chi connectivity index (χ0v) is 18.7. The number of carbonyl (C=O) groups is 1. The van der Waals surface area contributed by atoms with Crippen molar-refractivity contribution in [1.29, 1.82) is 0 Å². The molecule has 2 aromatic heterocycles.